The zero-order valence-electron chi connectivity index (χ0n) is 21.7. The van der Waals surface area contributed by atoms with E-state index in [2.05, 4.69) is 6.58 Å². The molecule has 0 unspecified atom stereocenters. The Morgan fingerprint density at radius 3 is 2.96 bits per heavy atom. The first-order chi connectivity index (χ1) is 15.2. The van der Waals surface area contributed by atoms with Crippen LogP contribution in [0.15, 0.2) is 60.9 Å². The topological polar surface area (TPSA) is 32.7 Å². The highest BCUT2D eigenvalue weighted by molar-refractivity contribution is 5.85. The molecule has 3 heteroatoms. The molecule has 0 bridgehead atoms. The Balaban J connectivity index is 2.13. The first-order valence-corrected chi connectivity index (χ1v) is 7.92. The van der Waals surface area contributed by atoms with Crippen LogP contribution in [0.3, 0.4) is 0 Å². The maximum atomic E-state index is 9.61. The minimum atomic E-state index is -3.16. The molecule has 25 heavy (non-hydrogen) atoms. The van der Waals surface area contributed by atoms with Crippen molar-refractivity contribution in [3.05, 3.63) is 83.1 Å². The van der Waals surface area contributed by atoms with E-state index >= 15 is 0 Å². The van der Waals surface area contributed by atoms with Gasteiger partial charge in [0, 0.05) is 29.4 Å². The second-order valence-corrected chi connectivity index (χ2v) is 5.83. The lowest BCUT2D eigenvalue weighted by Crippen LogP contribution is -2.12. The number of nitrogens with zero attached hydrogens (tertiary/aromatic N) is 1. The van der Waals surface area contributed by atoms with Crippen molar-refractivity contribution in [3.8, 4) is 5.75 Å². The Morgan fingerprint density at radius 2 is 2.16 bits per heavy atom. The lowest BCUT2D eigenvalue weighted by Gasteiger charge is -2.13. The number of hydrogen-bond donors (Lipinski definition) is 1. The van der Waals surface area contributed by atoms with Gasteiger partial charge in [-0.05, 0) is 54.8 Å². The molecule has 1 aliphatic heterocycles. The first kappa shape index (κ1) is 9.83. The van der Waals surface area contributed by atoms with Gasteiger partial charge in [-0.1, -0.05) is 43.0 Å². The second-order valence-electron chi connectivity index (χ2n) is 5.83. The number of benzene rings is 2. The van der Waals surface area contributed by atoms with Gasteiger partial charge in [-0.3, -0.25) is 0 Å². The molecule has 2 aromatic rings. The van der Waals surface area contributed by atoms with Crippen LogP contribution < -0.4 is 4.74 Å². The van der Waals surface area contributed by atoms with E-state index in [0.717, 1.165) is 16.7 Å². The van der Waals surface area contributed by atoms with Crippen LogP contribution in [0.4, 0.5) is 0 Å². The van der Waals surface area contributed by atoms with Gasteiger partial charge in [-0.25, -0.2) is 0 Å². The molecule has 0 amide bonds. The van der Waals surface area contributed by atoms with E-state index in [0.29, 0.717) is 16.9 Å². The Bertz CT molecular complexity index is 1060. The predicted octanol–water partition coefficient (Wildman–Crippen LogP) is 4.58. The monoisotopic (exact) mass is 343 g/mol. The molecule has 0 spiro atoms. The van der Waals surface area contributed by atoms with Crippen LogP contribution >= 0.6 is 0 Å². The second kappa shape index (κ2) is 7.58. The molecule has 0 radical (unpaired) electrons. The molecule has 3 nitrogen and oxygen atoms in total. The Morgan fingerprint density at radius 1 is 1.32 bits per heavy atom. The summed E-state index contributed by atoms with van der Waals surface area (Å²) in [6.45, 7) is -5.22. The maximum Gasteiger partial charge on any atom is 0.127 e. The lowest BCUT2D eigenvalue weighted by molar-refractivity contribution is 0.307. The van der Waals surface area contributed by atoms with Gasteiger partial charge in [0.05, 0.1) is 5.76 Å². The fraction of sp³-hybridized carbons (Fsp3) is 0.273. The predicted molar refractivity (Wildman–Crippen MR) is 103 cm³/mol. The van der Waals surface area contributed by atoms with E-state index in [1.807, 2.05) is 24.3 Å². The number of hydrogen-bond acceptors (Lipinski definition) is 3. The minimum Gasteiger partial charge on any atom is -0.513 e. The van der Waals surface area contributed by atoms with Crippen molar-refractivity contribution < 1.29 is 20.8 Å². The van der Waals surface area contributed by atoms with E-state index in [-0.39, 0.29) is 23.7 Å². The summed E-state index contributed by atoms with van der Waals surface area (Å²) in [5.74, 6) is 0.520. The zero-order chi connectivity index (χ0) is 24.6. The van der Waals surface area contributed by atoms with Crippen molar-refractivity contribution in [1.29, 1.82) is 0 Å². The number of allylic oxidation sites excluding steroid dienone is 1. The third-order valence-corrected chi connectivity index (χ3v) is 3.99. The average molecular weight is 343 g/mol. The number of aliphatic hydroxyl groups excluding tert-OH is 1. The smallest absolute Gasteiger partial charge is 0.127 e. The van der Waals surface area contributed by atoms with Crippen molar-refractivity contribution in [3.63, 3.8) is 0 Å². The van der Waals surface area contributed by atoms with Gasteiger partial charge in [-0.15, -0.1) is 0 Å². The van der Waals surface area contributed by atoms with Crippen LogP contribution in [0.5, 0.6) is 5.75 Å². The number of aliphatic hydroxyl groups is 1. The van der Waals surface area contributed by atoms with E-state index in [1.165, 1.54) is 6.08 Å². The fourth-order valence-corrected chi connectivity index (χ4v) is 2.93. The molecular formula is C22H25NO2. The number of rotatable bonds is 5. The molecule has 0 saturated heterocycles. The summed E-state index contributed by atoms with van der Waals surface area (Å²) in [7, 11) is 0. The van der Waals surface area contributed by atoms with Crippen LogP contribution in [-0.2, 0) is 13.0 Å². The van der Waals surface area contributed by atoms with Crippen LogP contribution in [0, 0.1) is 0 Å². The summed E-state index contributed by atoms with van der Waals surface area (Å²) in [6, 6.07) is 12.7. The SMILES string of the molecule is [2H]C([2H])([2H])N(C([2H])([2H])[2H])C([2H])([2H])C/C=C1/c2ccccc2COc2ccc(CC(=C)O)cc21. The van der Waals surface area contributed by atoms with E-state index in [9.17, 15) is 5.11 Å². The van der Waals surface area contributed by atoms with Crippen molar-refractivity contribution in [2.24, 2.45) is 0 Å². The summed E-state index contributed by atoms with van der Waals surface area (Å²) < 4.78 is 68.0. The van der Waals surface area contributed by atoms with Crippen molar-refractivity contribution in [2.45, 2.75) is 19.4 Å². The van der Waals surface area contributed by atoms with Crippen LogP contribution in [0.25, 0.3) is 5.57 Å². The van der Waals surface area contributed by atoms with Crippen molar-refractivity contribution >= 4 is 5.57 Å². The van der Waals surface area contributed by atoms with E-state index in [4.69, 9.17) is 15.7 Å². The minimum absolute atomic E-state index is 0.0160. The van der Waals surface area contributed by atoms with Crippen molar-refractivity contribution in [1.82, 2.24) is 4.90 Å². The molecule has 130 valence electrons. The standard InChI is InChI=1S/C22H25NO2/c1-16(24)13-17-10-11-22-21(14-17)20(9-6-12-23(2)3)19-8-5-4-7-18(19)15-25-22/h4-5,7-11,14,24H,1,6,12-13,15H2,2-3H3/b20-9-/i2D3,3D3,12D2. The average Bonchev–Trinajstić information content (AvgIpc) is 2.79. The van der Waals surface area contributed by atoms with Crippen molar-refractivity contribution in [2.75, 3.05) is 20.4 Å². The molecule has 0 aliphatic carbocycles. The van der Waals surface area contributed by atoms with Crippen LogP contribution in [-0.4, -0.2) is 30.5 Å². The lowest BCUT2D eigenvalue weighted by atomic mass is 9.92. The molecule has 0 fully saturated rings. The molecule has 0 saturated carbocycles. The number of ether oxygens (including phenoxy) is 1. The van der Waals surface area contributed by atoms with Gasteiger partial charge in [0.2, 0.25) is 0 Å². The van der Waals surface area contributed by atoms with Gasteiger partial charge in [0.25, 0.3) is 0 Å². The number of fused-ring (bicyclic) bond motifs is 2. The molecule has 1 heterocycles. The van der Waals surface area contributed by atoms with Crippen LogP contribution in [0.2, 0.25) is 0 Å². The van der Waals surface area contributed by atoms with Gasteiger partial charge in [-0.2, -0.15) is 0 Å². The maximum absolute atomic E-state index is 9.61. The first-order valence-electron chi connectivity index (χ1n) is 11.9. The van der Waals surface area contributed by atoms with Gasteiger partial charge in [0.1, 0.15) is 12.4 Å². The molecule has 0 atom stereocenters. The zero-order valence-corrected chi connectivity index (χ0v) is 13.7. The van der Waals surface area contributed by atoms with Gasteiger partial charge < -0.3 is 14.7 Å². The summed E-state index contributed by atoms with van der Waals surface area (Å²) in [6.07, 6.45) is 1.23. The van der Waals surface area contributed by atoms with E-state index < -0.39 is 26.9 Å². The summed E-state index contributed by atoms with van der Waals surface area (Å²) in [5, 5.41) is 9.61. The molecular weight excluding hydrogens is 310 g/mol. The summed E-state index contributed by atoms with van der Waals surface area (Å²) >= 11 is 0. The third kappa shape index (κ3) is 4.12. The largest absolute Gasteiger partial charge is 0.513 e. The molecule has 3 rings (SSSR count). The van der Waals surface area contributed by atoms with Crippen LogP contribution in [0.1, 0.15) is 39.6 Å². The molecule has 1 N–H and O–H groups in total. The Kier molecular flexibility index (Phi) is 2.98. The highest BCUT2D eigenvalue weighted by Gasteiger charge is 2.19. The van der Waals surface area contributed by atoms with Gasteiger partial charge >= 0.3 is 0 Å². The Hall–Kier alpha value is -2.52. The molecule has 2 aromatic carbocycles. The van der Waals surface area contributed by atoms with E-state index in [1.54, 1.807) is 18.2 Å². The normalized spacial score (nSPS) is 20.9. The molecule has 1 aliphatic rings. The molecule has 0 aromatic heterocycles. The fourth-order valence-electron chi connectivity index (χ4n) is 2.93. The Labute approximate surface area is 161 Å². The highest BCUT2D eigenvalue weighted by Crippen LogP contribution is 2.37. The highest BCUT2D eigenvalue weighted by atomic mass is 16.5. The van der Waals surface area contributed by atoms with Gasteiger partial charge in [0.15, 0.2) is 0 Å². The quantitative estimate of drug-likeness (QED) is 0.807. The summed E-state index contributed by atoms with van der Waals surface area (Å²) in [4.78, 5) is -0.0454. The summed E-state index contributed by atoms with van der Waals surface area (Å²) in [5.41, 5.74) is 3.58. The third-order valence-electron chi connectivity index (χ3n) is 3.99.